The Morgan fingerprint density at radius 1 is 1.32 bits per heavy atom. The molecule has 0 radical (unpaired) electrons. The van der Waals surface area contributed by atoms with Gasteiger partial charge < -0.3 is 5.73 Å². The van der Waals surface area contributed by atoms with Crippen molar-refractivity contribution in [3.05, 3.63) is 18.0 Å². The van der Waals surface area contributed by atoms with Crippen LogP contribution < -0.4 is 5.73 Å². The first-order chi connectivity index (χ1) is 9.22. The van der Waals surface area contributed by atoms with Crippen LogP contribution in [0.3, 0.4) is 0 Å². The third-order valence-corrected chi connectivity index (χ3v) is 4.06. The number of hydrogen-bond acceptors (Lipinski definition) is 4. The summed E-state index contributed by atoms with van der Waals surface area (Å²) in [4.78, 5) is 5.12. The van der Waals surface area contributed by atoms with Gasteiger partial charge in [-0.05, 0) is 19.4 Å². The standard InChI is InChI=1S/C14H27N5/c1-3-14(4-5-15)19-8-6-18(7-9-19)12-13-10-16-17(2)11-13/h10-11,14H,3-9,12,15H2,1-2H3. The third kappa shape index (κ3) is 4.03. The van der Waals surface area contributed by atoms with Crippen molar-refractivity contribution in [1.82, 2.24) is 19.6 Å². The molecule has 1 aromatic rings. The van der Waals surface area contributed by atoms with E-state index in [1.165, 1.54) is 25.1 Å². The summed E-state index contributed by atoms with van der Waals surface area (Å²) in [6.07, 6.45) is 6.41. The van der Waals surface area contributed by atoms with E-state index in [-0.39, 0.29) is 0 Å². The Hall–Kier alpha value is -0.910. The zero-order valence-electron chi connectivity index (χ0n) is 12.3. The Balaban J connectivity index is 1.78. The molecule has 0 spiro atoms. The molecule has 0 aromatic carbocycles. The Bertz CT molecular complexity index is 368. The zero-order valence-corrected chi connectivity index (χ0v) is 12.3. The summed E-state index contributed by atoms with van der Waals surface area (Å²) < 4.78 is 1.87. The maximum atomic E-state index is 5.70. The molecule has 1 atom stereocenters. The molecule has 2 heterocycles. The van der Waals surface area contributed by atoms with Crippen molar-refractivity contribution in [3.63, 3.8) is 0 Å². The van der Waals surface area contributed by atoms with Crippen molar-refractivity contribution in [2.75, 3.05) is 32.7 Å². The summed E-state index contributed by atoms with van der Waals surface area (Å²) in [6, 6.07) is 0.672. The Kier molecular flexibility index (Phi) is 5.36. The molecule has 0 bridgehead atoms. The fraction of sp³-hybridized carbons (Fsp3) is 0.786. The summed E-state index contributed by atoms with van der Waals surface area (Å²) in [5, 5.41) is 4.23. The fourth-order valence-electron chi connectivity index (χ4n) is 2.94. The van der Waals surface area contributed by atoms with Gasteiger partial charge in [0.05, 0.1) is 6.20 Å². The minimum atomic E-state index is 0.672. The van der Waals surface area contributed by atoms with E-state index in [0.717, 1.165) is 32.6 Å². The molecule has 2 rings (SSSR count). The van der Waals surface area contributed by atoms with Gasteiger partial charge in [0.1, 0.15) is 0 Å². The molecule has 5 nitrogen and oxygen atoms in total. The number of nitrogens with two attached hydrogens (primary N) is 1. The SMILES string of the molecule is CCC(CCN)N1CCN(Cc2cnn(C)c2)CC1. The van der Waals surface area contributed by atoms with Crippen molar-refractivity contribution in [2.45, 2.75) is 32.4 Å². The minimum absolute atomic E-state index is 0.672. The fourth-order valence-corrected chi connectivity index (χ4v) is 2.94. The number of hydrogen-bond donors (Lipinski definition) is 1. The van der Waals surface area contributed by atoms with E-state index >= 15 is 0 Å². The maximum Gasteiger partial charge on any atom is 0.0534 e. The van der Waals surface area contributed by atoms with Gasteiger partial charge in [-0.15, -0.1) is 0 Å². The highest BCUT2D eigenvalue weighted by atomic mass is 15.3. The van der Waals surface area contributed by atoms with Crippen molar-refractivity contribution in [2.24, 2.45) is 12.8 Å². The molecule has 0 saturated carbocycles. The average molecular weight is 265 g/mol. The number of rotatable bonds is 6. The van der Waals surface area contributed by atoms with Crippen LogP contribution in [0.25, 0.3) is 0 Å². The van der Waals surface area contributed by atoms with Crippen LogP contribution in [-0.4, -0.2) is 58.3 Å². The molecule has 1 aliphatic heterocycles. The summed E-state index contributed by atoms with van der Waals surface area (Å²) in [5.74, 6) is 0. The molecule has 19 heavy (non-hydrogen) atoms. The van der Waals surface area contributed by atoms with E-state index < -0.39 is 0 Å². The van der Waals surface area contributed by atoms with E-state index in [1.807, 2.05) is 17.9 Å². The molecule has 108 valence electrons. The van der Waals surface area contributed by atoms with Gasteiger partial charge in [-0.25, -0.2) is 0 Å². The first-order valence-electron chi connectivity index (χ1n) is 7.37. The quantitative estimate of drug-likeness (QED) is 0.821. The Morgan fingerprint density at radius 2 is 2.05 bits per heavy atom. The molecule has 0 amide bonds. The molecule has 5 heteroatoms. The molecule has 2 N–H and O–H groups in total. The van der Waals surface area contributed by atoms with E-state index in [9.17, 15) is 0 Å². The lowest BCUT2D eigenvalue weighted by molar-refractivity contribution is 0.0871. The van der Waals surface area contributed by atoms with Crippen molar-refractivity contribution in [3.8, 4) is 0 Å². The van der Waals surface area contributed by atoms with Crippen LogP contribution in [0.1, 0.15) is 25.3 Å². The summed E-state index contributed by atoms with van der Waals surface area (Å²) >= 11 is 0. The van der Waals surface area contributed by atoms with Gasteiger partial charge in [-0.2, -0.15) is 5.10 Å². The zero-order chi connectivity index (χ0) is 13.7. The largest absolute Gasteiger partial charge is 0.330 e. The second-order valence-electron chi connectivity index (χ2n) is 5.47. The minimum Gasteiger partial charge on any atom is -0.330 e. The second-order valence-corrected chi connectivity index (χ2v) is 5.47. The number of nitrogens with zero attached hydrogens (tertiary/aromatic N) is 4. The first kappa shape index (κ1) is 14.5. The highest BCUT2D eigenvalue weighted by Crippen LogP contribution is 2.13. The number of aryl methyl sites for hydroxylation is 1. The Morgan fingerprint density at radius 3 is 2.58 bits per heavy atom. The van der Waals surface area contributed by atoms with Crippen molar-refractivity contribution in [1.29, 1.82) is 0 Å². The normalized spacial score (nSPS) is 19.7. The lowest BCUT2D eigenvalue weighted by Gasteiger charge is -2.39. The molecule has 1 aromatic heterocycles. The van der Waals surface area contributed by atoms with Crippen molar-refractivity contribution < 1.29 is 0 Å². The highest BCUT2D eigenvalue weighted by Gasteiger charge is 2.22. The van der Waals surface area contributed by atoms with Gasteiger partial charge in [0.15, 0.2) is 0 Å². The van der Waals surface area contributed by atoms with Gasteiger partial charge in [-0.3, -0.25) is 14.5 Å². The predicted molar refractivity (Wildman–Crippen MR) is 77.8 cm³/mol. The van der Waals surface area contributed by atoms with Gasteiger partial charge in [0.2, 0.25) is 0 Å². The van der Waals surface area contributed by atoms with Crippen LogP contribution in [0.2, 0.25) is 0 Å². The van der Waals surface area contributed by atoms with Gasteiger partial charge in [0.25, 0.3) is 0 Å². The first-order valence-corrected chi connectivity index (χ1v) is 7.37. The molecular formula is C14H27N5. The highest BCUT2D eigenvalue weighted by molar-refractivity contribution is 5.03. The third-order valence-electron chi connectivity index (χ3n) is 4.06. The monoisotopic (exact) mass is 265 g/mol. The van der Waals surface area contributed by atoms with Crippen molar-refractivity contribution >= 4 is 0 Å². The van der Waals surface area contributed by atoms with E-state index in [2.05, 4.69) is 28.0 Å². The van der Waals surface area contributed by atoms with Gasteiger partial charge >= 0.3 is 0 Å². The average Bonchev–Trinajstić information content (AvgIpc) is 2.82. The Labute approximate surface area is 116 Å². The topological polar surface area (TPSA) is 50.3 Å². The predicted octanol–water partition coefficient (Wildman–Crippen LogP) is 0.665. The number of piperazine rings is 1. The van der Waals surface area contributed by atoms with Crippen LogP contribution in [0.4, 0.5) is 0 Å². The summed E-state index contributed by atoms with van der Waals surface area (Å²) in [6.45, 7) is 8.72. The van der Waals surface area contributed by atoms with Crippen LogP contribution in [0.5, 0.6) is 0 Å². The lowest BCUT2D eigenvalue weighted by atomic mass is 10.1. The molecular weight excluding hydrogens is 238 g/mol. The van der Waals surface area contributed by atoms with Crippen LogP contribution in [0.15, 0.2) is 12.4 Å². The van der Waals surface area contributed by atoms with E-state index in [1.54, 1.807) is 0 Å². The lowest BCUT2D eigenvalue weighted by Crippen LogP contribution is -2.50. The van der Waals surface area contributed by atoms with Gasteiger partial charge in [-0.1, -0.05) is 6.92 Å². The second kappa shape index (κ2) is 7.03. The molecule has 0 aliphatic carbocycles. The van der Waals surface area contributed by atoms with Crippen LogP contribution in [0, 0.1) is 0 Å². The molecule has 1 unspecified atom stereocenters. The van der Waals surface area contributed by atoms with Gasteiger partial charge in [0, 0.05) is 57.6 Å². The smallest absolute Gasteiger partial charge is 0.0534 e. The van der Waals surface area contributed by atoms with Crippen LogP contribution >= 0.6 is 0 Å². The molecule has 1 saturated heterocycles. The van der Waals surface area contributed by atoms with E-state index in [4.69, 9.17) is 5.73 Å². The molecule has 1 aliphatic rings. The summed E-state index contributed by atoms with van der Waals surface area (Å²) in [5.41, 5.74) is 7.01. The summed E-state index contributed by atoms with van der Waals surface area (Å²) in [7, 11) is 1.97. The maximum absolute atomic E-state index is 5.70. The molecule has 1 fully saturated rings. The van der Waals surface area contributed by atoms with Crippen LogP contribution in [-0.2, 0) is 13.6 Å². The van der Waals surface area contributed by atoms with E-state index in [0.29, 0.717) is 6.04 Å². The number of aromatic nitrogens is 2.